The van der Waals surface area contributed by atoms with Gasteiger partial charge in [-0.05, 0) is 70.4 Å². The summed E-state index contributed by atoms with van der Waals surface area (Å²) in [6, 6.07) is 9.78. The topological polar surface area (TPSA) is 125 Å². The molecule has 3 N–H and O–H groups in total. The first-order valence-electron chi connectivity index (χ1n) is 15.3. The molecule has 0 spiro atoms. The van der Waals surface area contributed by atoms with E-state index in [0.717, 1.165) is 12.5 Å². The van der Waals surface area contributed by atoms with Crippen molar-refractivity contribution in [2.45, 2.75) is 85.0 Å². The quantitative estimate of drug-likeness (QED) is 0.170. The van der Waals surface area contributed by atoms with Crippen LogP contribution in [0, 0.1) is 0 Å². The number of unbranched alkanes of at least 4 members (excludes halogenated alkanes) is 1. The zero-order chi connectivity index (χ0) is 33.9. The fourth-order valence-corrected chi connectivity index (χ4v) is 4.48. The Kier molecular flexibility index (Phi) is 12.5. The number of halogens is 3. The first-order chi connectivity index (χ1) is 21.8. The molecule has 10 nitrogen and oxygen atoms in total. The molecule has 2 amide bonds. The van der Waals surface area contributed by atoms with Gasteiger partial charge in [0.2, 0.25) is 5.91 Å². The number of amidine groups is 1. The number of hydrogen-bond donors (Lipinski definition) is 3. The minimum Gasteiger partial charge on any atom is -0.444 e. The van der Waals surface area contributed by atoms with E-state index >= 15 is 0 Å². The van der Waals surface area contributed by atoms with Gasteiger partial charge in [-0.1, -0.05) is 39.3 Å². The zero-order valence-corrected chi connectivity index (χ0v) is 27.0. The van der Waals surface area contributed by atoms with Crippen molar-refractivity contribution in [3.05, 3.63) is 78.0 Å². The number of ether oxygens (including phenoxy) is 1. The monoisotopic (exact) mass is 641 g/mol. The molecule has 4 rings (SSSR count). The van der Waals surface area contributed by atoms with Crippen LogP contribution in [0.2, 0.25) is 0 Å². The Morgan fingerprint density at radius 3 is 2.54 bits per heavy atom. The molecule has 0 aromatic carbocycles. The molecular formula is C33H42F3N7O3. The number of aromatic nitrogens is 3. The van der Waals surface area contributed by atoms with Crippen molar-refractivity contribution in [3.63, 3.8) is 0 Å². The van der Waals surface area contributed by atoms with Crippen molar-refractivity contribution < 1.29 is 27.5 Å². The minimum absolute atomic E-state index is 0.0768. The van der Waals surface area contributed by atoms with Gasteiger partial charge in [0, 0.05) is 30.7 Å². The molecule has 1 unspecified atom stereocenters. The summed E-state index contributed by atoms with van der Waals surface area (Å²) in [5.41, 5.74) is -0.284. The molecule has 1 atom stereocenters. The van der Waals surface area contributed by atoms with Crippen LogP contribution in [0.15, 0.2) is 65.9 Å². The van der Waals surface area contributed by atoms with Crippen LogP contribution in [0.25, 0.3) is 5.70 Å². The fraction of sp³-hybridized carbons (Fsp3) is 0.424. The van der Waals surface area contributed by atoms with Gasteiger partial charge in [-0.15, -0.1) is 0 Å². The van der Waals surface area contributed by atoms with Gasteiger partial charge in [0.25, 0.3) is 0 Å². The van der Waals surface area contributed by atoms with Gasteiger partial charge < -0.3 is 20.4 Å². The Labute approximate surface area is 267 Å². The Balaban J connectivity index is 0.00000282. The van der Waals surface area contributed by atoms with E-state index in [0.29, 0.717) is 43.0 Å². The summed E-state index contributed by atoms with van der Waals surface area (Å²) in [7, 11) is 0. The van der Waals surface area contributed by atoms with Crippen molar-refractivity contribution >= 4 is 35.0 Å². The van der Waals surface area contributed by atoms with E-state index in [1.807, 2.05) is 20.8 Å². The van der Waals surface area contributed by atoms with Crippen LogP contribution in [0.1, 0.15) is 84.3 Å². The first-order valence-corrected chi connectivity index (χ1v) is 15.3. The summed E-state index contributed by atoms with van der Waals surface area (Å²) in [5, 5.41) is 5.97. The van der Waals surface area contributed by atoms with E-state index in [1.165, 1.54) is 23.2 Å². The molecule has 0 aliphatic carbocycles. The highest BCUT2D eigenvalue weighted by Gasteiger charge is 2.37. The van der Waals surface area contributed by atoms with Crippen LogP contribution in [-0.2, 0) is 15.7 Å². The molecule has 4 heterocycles. The predicted molar refractivity (Wildman–Crippen MR) is 173 cm³/mol. The van der Waals surface area contributed by atoms with Crippen molar-refractivity contribution in [1.82, 2.24) is 19.9 Å². The second-order valence-electron chi connectivity index (χ2n) is 11.2. The van der Waals surface area contributed by atoms with Crippen molar-refractivity contribution in [2.24, 2.45) is 4.99 Å². The lowest BCUT2D eigenvalue weighted by Gasteiger charge is -2.28. The lowest BCUT2D eigenvalue weighted by Crippen LogP contribution is -2.45. The Bertz CT molecular complexity index is 1510. The highest BCUT2D eigenvalue weighted by molar-refractivity contribution is 6.09. The molecule has 3 aromatic rings. The lowest BCUT2D eigenvalue weighted by atomic mass is 10.2. The van der Waals surface area contributed by atoms with Gasteiger partial charge >= 0.3 is 12.3 Å². The molecule has 1 fully saturated rings. The maximum absolute atomic E-state index is 13.4. The van der Waals surface area contributed by atoms with Gasteiger partial charge in [-0.3, -0.25) is 9.69 Å². The van der Waals surface area contributed by atoms with E-state index in [1.54, 1.807) is 57.3 Å². The van der Waals surface area contributed by atoms with Gasteiger partial charge in [0.05, 0.1) is 17.1 Å². The van der Waals surface area contributed by atoms with Crippen molar-refractivity contribution in [1.29, 1.82) is 0 Å². The number of amides is 2. The van der Waals surface area contributed by atoms with E-state index in [2.05, 4.69) is 25.6 Å². The van der Waals surface area contributed by atoms with Gasteiger partial charge in [-0.25, -0.2) is 19.8 Å². The Hall–Kier alpha value is -4.68. The van der Waals surface area contributed by atoms with E-state index in [-0.39, 0.29) is 17.2 Å². The standard InChI is InChI=1S/C31H36F3N7O3.C2H6/c1-5-6-10-22(21-11-7-14-25(38-21)31(32,33)34)39-27(23-12-8-16-35-23)37-20-15-17-36-26(19-20)40-28(42)24-13-9-18-41(24)29(43)44-30(2,3)4;1-2/h7-8,10-12,14-17,19,24,35H,5-6,9,13,18H2,1-4H3,(H2,36,37,39,40,42);1-2H3/b22-10+;. The number of rotatable bonds is 8. The average molecular weight is 642 g/mol. The molecule has 1 saturated heterocycles. The van der Waals surface area contributed by atoms with Crippen molar-refractivity contribution in [2.75, 3.05) is 17.2 Å². The number of aromatic amines is 1. The first kappa shape index (κ1) is 35.8. The number of anilines is 2. The summed E-state index contributed by atoms with van der Waals surface area (Å²) in [6.45, 7) is 11.7. The van der Waals surface area contributed by atoms with Crippen LogP contribution in [-0.4, -0.2) is 55.9 Å². The third-order valence-corrected chi connectivity index (χ3v) is 6.47. The molecular weight excluding hydrogens is 599 g/mol. The average Bonchev–Trinajstić information content (AvgIpc) is 3.72. The zero-order valence-electron chi connectivity index (χ0n) is 27.0. The largest absolute Gasteiger partial charge is 0.444 e. The number of pyridine rings is 2. The maximum Gasteiger partial charge on any atom is 0.433 e. The fourth-order valence-electron chi connectivity index (χ4n) is 4.48. The number of alkyl halides is 3. The van der Waals surface area contributed by atoms with Crippen LogP contribution in [0.4, 0.5) is 29.5 Å². The van der Waals surface area contributed by atoms with E-state index < -0.39 is 35.5 Å². The molecule has 13 heteroatoms. The second kappa shape index (κ2) is 16.1. The molecule has 46 heavy (non-hydrogen) atoms. The highest BCUT2D eigenvalue weighted by Crippen LogP contribution is 2.29. The lowest BCUT2D eigenvalue weighted by molar-refractivity contribution is -0.141. The van der Waals surface area contributed by atoms with Gasteiger partial charge in [0.15, 0.2) is 5.84 Å². The van der Waals surface area contributed by atoms with E-state index in [9.17, 15) is 22.8 Å². The predicted octanol–water partition coefficient (Wildman–Crippen LogP) is 7.89. The molecule has 0 saturated carbocycles. The van der Waals surface area contributed by atoms with Gasteiger partial charge in [-0.2, -0.15) is 13.2 Å². The van der Waals surface area contributed by atoms with Crippen LogP contribution < -0.4 is 10.6 Å². The Morgan fingerprint density at radius 1 is 1.13 bits per heavy atom. The summed E-state index contributed by atoms with van der Waals surface area (Å²) in [5.74, 6) is 0.159. The molecule has 3 aromatic heterocycles. The number of hydrogen-bond acceptors (Lipinski definition) is 6. The maximum atomic E-state index is 13.4. The summed E-state index contributed by atoms with van der Waals surface area (Å²) < 4.78 is 45.7. The number of carbonyl (C=O) groups excluding carboxylic acids is 2. The molecule has 1 aliphatic heterocycles. The molecule has 0 radical (unpaired) electrons. The number of nitrogens with one attached hydrogen (secondary N) is 3. The van der Waals surface area contributed by atoms with Gasteiger partial charge in [0.1, 0.15) is 23.2 Å². The van der Waals surface area contributed by atoms with Crippen LogP contribution >= 0.6 is 0 Å². The van der Waals surface area contributed by atoms with Crippen LogP contribution in [0.5, 0.6) is 0 Å². The third-order valence-electron chi connectivity index (χ3n) is 6.47. The van der Waals surface area contributed by atoms with Crippen molar-refractivity contribution in [3.8, 4) is 0 Å². The normalized spacial score (nSPS) is 15.6. The minimum atomic E-state index is -4.60. The number of carbonyl (C=O) groups is 2. The number of H-pyrrole nitrogens is 1. The number of likely N-dealkylation sites (tertiary alicyclic amines) is 1. The smallest absolute Gasteiger partial charge is 0.433 e. The molecule has 248 valence electrons. The molecule has 0 bridgehead atoms. The summed E-state index contributed by atoms with van der Waals surface area (Å²) >= 11 is 0. The summed E-state index contributed by atoms with van der Waals surface area (Å²) in [4.78, 5) is 43.1. The van der Waals surface area contributed by atoms with Crippen LogP contribution in [0.3, 0.4) is 0 Å². The van der Waals surface area contributed by atoms with E-state index in [4.69, 9.17) is 9.73 Å². The number of allylic oxidation sites excluding steroid dienone is 1. The number of nitrogens with zero attached hydrogens (tertiary/aromatic N) is 4. The Morgan fingerprint density at radius 2 is 1.89 bits per heavy atom. The second-order valence-corrected chi connectivity index (χ2v) is 11.2. The summed E-state index contributed by atoms with van der Waals surface area (Å²) in [6.07, 6.45) is 2.25. The highest BCUT2D eigenvalue weighted by atomic mass is 19.4. The molecule has 1 aliphatic rings. The SMILES string of the molecule is CC.CCC/C=C(/N=C(Nc1ccnc(NC(=O)C2CCCN2C(=O)OC(C)(C)C)c1)c1ccc[nH]1)c1cccc(C(F)(F)F)n1. The third kappa shape index (κ3) is 10.2. The number of aliphatic imine (C=N–C) groups is 1.